The van der Waals surface area contributed by atoms with Gasteiger partial charge in [0.25, 0.3) is 0 Å². The van der Waals surface area contributed by atoms with Crippen LogP contribution < -0.4 is 5.32 Å². The SMILES string of the molecule is CC(C)OC(=O)/C=C/C(=O)OC[C@H](NC(=O)C(C)(C)C)C(C)C. The van der Waals surface area contributed by atoms with Crippen LogP contribution in [0, 0.1) is 11.3 Å². The largest absolute Gasteiger partial charge is 0.460 e. The van der Waals surface area contributed by atoms with Gasteiger partial charge in [-0.1, -0.05) is 34.6 Å². The van der Waals surface area contributed by atoms with Gasteiger partial charge in [-0.25, -0.2) is 9.59 Å². The van der Waals surface area contributed by atoms with Gasteiger partial charge in [0, 0.05) is 17.6 Å². The van der Waals surface area contributed by atoms with Crippen molar-refractivity contribution in [2.75, 3.05) is 6.61 Å². The van der Waals surface area contributed by atoms with E-state index in [1.54, 1.807) is 13.8 Å². The fraction of sp³-hybridized carbons (Fsp3) is 0.706. The Balaban J connectivity index is 4.47. The number of carbonyl (C=O) groups is 3. The number of carbonyl (C=O) groups excluding carboxylic acids is 3. The lowest BCUT2D eigenvalue weighted by atomic mass is 9.94. The summed E-state index contributed by atoms with van der Waals surface area (Å²) in [5.74, 6) is -1.26. The highest BCUT2D eigenvalue weighted by molar-refractivity contribution is 5.91. The molecule has 0 fully saturated rings. The molecule has 0 radical (unpaired) electrons. The molecule has 0 aliphatic rings. The van der Waals surface area contributed by atoms with Crippen molar-refractivity contribution in [3.05, 3.63) is 12.2 Å². The summed E-state index contributed by atoms with van der Waals surface area (Å²) in [5, 5.41) is 2.87. The molecule has 0 unspecified atom stereocenters. The Morgan fingerprint density at radius 2 is 1.52 bits per heavy atom. The molecule has 0 aromatic heterocycles. The van der Waals surface area contributed by atoms with Crippen LogP contribution in [0.3, 0.4) is 0 Å². The van der Waals surface area contributed by atoms with Crippen LogP contribution in [0.15, 0.2) is 12.2 Å². The molecule has 0 spiro atoms. The number of esters is 2. The molecular formula is C17H29NO5. The fourth-order valence-electron chi connectivity index (χ4n) is 1.41. The van der Waals surface area contributed by atoms with Gasteiger partial charge in [0.2, 0.25) is 5.91 Å². The lowest BCUT2D eigenvalue weighted by Crippen LogP contribution is -2.46. The molecule has 0 saturated heterocycles. The van der Waals surface area contributed by atoms with Crippen LogP contribution in [0.25, 0.3) is 0 Å². The average molecular weight is 327 g/mol. The van der Waals surface area contributed by atoms with Gasteiger partial charge in [0.15, 0.2) is 0 Å². The molecule has 1 atom stereocenters. The number of nitrogens with one attached hydrogen (secondary N) is 1. The van der Waals surface area contributed by atoms with E-state index in [4.69, 9.17) is 9.47 Å². The molecule has 6 heteroatoms. The van der Waals surface area contributed by atoms with Gasteiger partial charge in [0.1, 0.15) is 6.61 Å². The number of hydrogen-bond donors (Lipinski definition) is 1. The number of hydrogen-bond acceptors (Lipinski definition) is 5. The van der Waals surface area contributed by atoms with Crippen molar-refractivity contribution < 1.29 is 23.9 Å². The topological polar surface area (TPSA) is 81.7 Å². The van der Waals surface area contributed by atoms with Crippen LogP contribution in [0.4, 0.5) is 0 Å². The van der Waals surface area contributed by atoms with E-state index in [2.05, 4.69) is 5.32 Å². The van der Waals surface area contributed by atoms with Crippen molar-refractivity contribution in [3.63, 3.8) is 0 Å². The first-order chi connectivity index (χ1) is 10.4. The van der Waals surface area contributed by atoms with Crippen LogP contribution in [0.5, 0.6) is 0 Å². The molecule has 23 heavy (non-hydrogen) atoms. The molecule has 0 aliphatic heterocycles. The summed E-state index contributed by atoms with van der Waals surface area (Å²) in [4.78, 5) is 34.9. The van der Waals surface area contributed by atoms with E-state index >= 15 is 0 Å². The van der Waals surface area contributed by atoms with E-state index in [1.807, 2.05) is 34.6 Å². The van der Waals surface area contributed by atoms with E-state index in [1.165, 1.54) is 0 Å². The first kappa shape index (κ1) is 21.1. The molecule has 1 N–H and O–H groups in total. The third-order valence-corrected chi connectivity index (χ3v) is 2.91. The minimum absolute atomic E-state index is 0.0435. The lowest BCUT2D eigenvalue weighted by molar-refractivity contribution is -0.143. The van der Waals surface area contributed by atoms with E-state index in [9.17, 15) is 14.4 Å². The summed E-state index contributed by atoms with van der Waals surface area (Å²) in [6, 6.07) is -0.290. The van der Waals surface area contributed by atoms with Gasteiger partial charge in [-0.15, -0.1) is 0 Å². The summed E-state index contributed by atoms with van der Waals surface area (Å²) >= 11 is 0. The molecule has 1 amide bonds. The summed E-state index contributed by atoms with van der Waals surface area (Å²) in [7, 11) is 0. The van der Waals surface area contributed by atoms with Gasteiger partial charge >= 0.3 is 11.9 Å². The molecule has 132 valence electrons. The molecule has 0 aromatic carbocycles. The highest BCUT2D eigenvalue weighted by Crippen LogP contribution is 2.14. The highest BCUT2D eigenvalue weighted by Gasteiger charge is 2.26. The predicted molar refractivity (Wildman–Crippen MR) is 87.6 cm³/mol. The van der Waals surface area contributed by atoms with Crippen LogP contribution >= 0.6 is 0 Å². The summed E-state index contributed by atoms with van der Waals surface area (Å²) in [5.41, 5.74) is -0.516. The first-order valence-corrected chi connectivity index (χ1v) is 7.80. The fourth-order valence-corrected chi connectivity index (χ4v) is 1.41. The number of ether oxygens (including phenoxy) is 2. The Morgan fingerprint density at radius 3 is 1.96 bits per heavy atom. The van der Waals surface area contributed by atoms with Crippen molar-refractivity contribution >= 4 is 17.8 Å². The number of amides is 1. The second-order valence-electron chi connectivity index (χ2n) is 7.02. The highest BCUT2D eigenvalue weighted by atomic mass is 16.5. The first-order valence-electron chi connectivity index (χ1n) is 7.80. The Hall–Kier alpha value is -1.85. The molecular weight excluding hydrogens is 298 g/mol. The van der Waals surface area contributed by atoms with Gasteiger partial charge in [0.05, 0.1) is 12.1 Å². The summed E-state index contributed by atoms with van der Waals surface area (Å²) in [6.07, 6.45) is 1.80. The van der Waals surface area contributed by atoms with Gasteiger partial charge < -0.3 is 14.8 Å². The number of rotatable bonds is 7. The third kappa shape index (κ3) is 9.71. The quantitative estimate of drug-likeness (QED) is 0.573. The van der Waals surface area contributed by atoms with Crippen molar-refractivity contribution in [1.82, 2.24) is 5.32 Å². The van der Waals surface area contributed by atoms with Crippen LogP contribution in [-0.2, 0) is 23.9 Å². The molecule has 0 aromatic rings. The Bertz CT molecular complexity index is 446. The monoisotopic (exact) mass is 327 g/mol. The van der Waals surface area contributed by atoms with E-state index in [-0.39, 0.29) is 30.6 Å². The predicted octanol–water partition coefficient (Wildman–Crippen LogP) is 2.22. The Kier molecular flexibility index (Phi) is 8.58. The summed E-state index contributed by atoms with van der Waals surface area (Å²) < 4.78 is 9.95. The van der Waals surface area contributed by atoms with Gasteiger partial charge in [-0.2, -0.15) is 0 Å². The van der Waals surface area contributed by atoms with Crippen molar-refractivity contribution in [2.24, 2.45) is 11.3 Å². The van der Waals surface area contributed by atoms with Crippen LogP contribution in [-0.4, -0.2) is 36.6 Å². The van der Waals surface area contributed by atoms with Gasteiger partial charge in [-0.05, 0) is 19.8 Å². The Labute approximate surface area is 138 Å². The maximum absolute atomic E-state index is 12.0. The molecule has 0 rings (SSSR count). The van der Waals surface area contributed by atoms with Gasteiger partial charge in [-0.3, -0.25) is 4.79 Å². The molecule has 6 nitrogen and oxygen atoms in total. The zero-order chi connectivity index (χ0) is 18.2. The second-order valence-corrected chi connectivity index (χ2v) is 7.02. The normalized spacial score (nSPS) is 13.3. The molecule has 0 heterocycles. The third-order valence-electron chi connectivity index (χ3n) is 2.91. The smallest absolute Gasteiger partial charge is 0.331 e. The van der Waals surface area contributed by atoms with E-state index in [0.29, 0.717) is 0 Å². The van der Waals surface area contributed by atoms with E-state index in [0.717, 1.165) is 12.2 Å². The van der Waals surface area contributed by atoms with E-state index < -0.39 is 17.4 Å². The zero-order valence-electron chi connectivity index (χ0n) is 15.1. The van der Waals surface area contributed by atoms with Crippen LogP contribution in [0.1, 0.15) is 48.5 Å². The maximum Gasteiger partial charge on any atom is 0.331 e. The summed E-state index contributed by atoms with van der Waals surface area (Å²) in [6.45, 7) is 12.8. The molecule has 0 saturated carbocycles. The van der Waals surface area contributed by atoms with Crippen molar-refractivity contribution in [3.8, 4) is 0 Å². The van der Waals surface area contributed by atoms with Crippen LogP contribution in [0.2, 0.25) is 0 Å². The minimum Gasteiger partial charge on any atom is -0.460 e. The molecule has 0 aliphatic carbocycles. The standard InChI is InChI=1S/C17H29NO5/c1-11(2)13(18-16(21)17(5,6)7)10-22-14(19)8-9-15(20)23-12(3)4/h8-9,11-13H,10H2,1-7H3,(H,18,21)/b9-8+/t13-/m0/s1. The average Bonchev–Trinajstić information content (AvgIpc) is 2.38. The van der Waals surface area contributed by atoms with Crippen molar-refractivity contribution in [1.29, 1.82) is 0 Å². The Morgan fingerprint density at radius 1 is 1.00 bits per heavy atom. The lowest BCUT2D eigenvalue weighted by Gasteiger charge is -2.26. The maximum atomic E-state index is 12.0. The minimum atomic E-state index is -0.652. The second kappa shape index (κ2) is 9.33. The molecule has 0 bridgehead atoms. The zero-order valence-corrected chi connectivity index (χ0v) is 15.1. The van der Waals surface area contributed by atoms with Crippen molar-refractivity contribution in [2.45, 2.75) is 60.6 Å².